The molecule has 0 radical (unpaired) electrons. The Labute approximate surface area is 192 Å². The number of hydrogen-bond donors (Lipinski definition) is 0. The number of halogens is 2. The Bertz CT molecular complexity index is 1220. The van der Waals surface area contributed by atoms with E-state index in [4.69, 9.17) is 0 Å². The molecule has 174 valence electrons. The number of allylic oxidation sites excluding steroid dienone is 3. The molecule has 0 saturated carbocycles. The summed E-state index contributed by atoms with van der Waals surface area (Å²) in [7, 11) is 1.68. The zero-order chi connectivity index (χ0) is 24.3. The number of aromatic nitrogens is 2. The minimum Gasteiger partial charge on any atom is -0.364 e. The summed E-state index contributed by atoms with van der Waals surface area (Å²) in [6.07, 6.45) is 0.463. The van der Waals surface area contributed by atoms with E-state index >= 15 is 0 Å². The van der Waals surface area contributed by atoms with Gasteiger partial charge in [0.05, 0.1) is 11.2 Å². The molecule has 1 unspecified atom stereocenters. The molecule has 0 bridgehead atoms. The van der Waals surface area contributed by atoms with Crippen LogP contribution in [0.1, 0.15) is 26.5 Å². The summed E-state index contributed by atoms with van der Waals surface area (Å²) in [5.74, 6) is 0. The van der Waals surface area contributed by atoms with E-state index in [0.717, 1.165) is 5.57 Å². The van der Waals surface area contributed by atoms with Gasteiger partial charge in [-0.2, -0.15) is 5.26 Å². The molecule has 1 aliphatic rings. The molecule has 1 saturated heterocycles. The van der Waals surface area contributed by atoms with Crippen LogP contribution in [0.15, 0.2) is 58.4 Å². The predicted molar refractivity (Wildman–Crippen MR) is 128 cm³/mol. The molecular weight excluding hydrogens is 424 g/mol. The van der Waals surface area contributed by atoms with Crippen molar-refractivity contribution >= 4 is 16.7 Å². The van der Waals surface area contributed by atoms with Gasteiger partial charge in [0.25, 0.3) is 12.0 Å². The number of hydrogen-bond acceptors (Lipinski definition) is 5. The SMILES string of the molecule is C=C/C(CN1CCN(c2cc(=O)n(C)c3ccc(C#N)nc23)C(C)C1)=C(\C=C(C)C)C(F)F. The van der Waals surface area contributed by atoms with E-state index in [2.05, 4.69) is 27.4 Å². The van der Waals surface area contributed by atoms with Crippen molar-refractivity contribution in [2.75, 3.05) is 31.1 Å². The lowest BCUT2D eigenvalue weighted by atomic mass is 10.0. The molecule has 6 nitrogen and oxygen atoms in total. The molecule has 33 heavy (non-hydrogen) atoms. The second-order valence-electron chi connectivity index (χ2n) is 8.59. The standard InChI is InChI=1S/C25H29F2N5O/c1-6-18(20(25(26)27)11-16(2)3)15-31-9-10-32(17(4)14-31)22-12-23(33)30(5)21-8-7-19(13-28)29-24(21)22/h6-8,11-12,17,25H,1,9-10,14-15H2,2-5H3/b20-18-. The van der Waals surface area contributed by atoms with E-state index in [0.29, 0.717) is 48.5 Å². The number of pyridine rings is 2. The van der Waals surface area contributed by atoms with E-state index in [9.17, 15) is 18.8 Å². The highest BCUT2D eigenvalue weighted by Crippen LogP contribution is 2.28. The van der Waals surface area contributed by atoms with Crippen LogP contribution in [0.25, 0.3) is 11.0 Å². The quantitative estimate of drug-likeness (QED) is 0.618. The van der Waals surface area contributed by atoms with Crippen LogP contribution in [-0.2, 0) is 7.05 Å². The zero-order valence-corrected chi connectivity index (χ0v) is 19.5. The van der Waals surface area contributed by atoms with Gasteiger partial charge in [-0.3, -0.25) is 9.69 Å². The highest BCUT2D eigenvalue weighted by molar-refractivity contribution is 5.88. The maximum absolute atomic E-state index is 13.7. The summed E-state index contributed by atoms with van der Waals surface area (Å²) < 4.78 is 28.8. The van der Waals surface area contributed by atoms with Crippen LogP contribution in [0.3, 0.4) is 0 Å². The highest BCUT2D eigenvalue weighted by Gasteiger charge is 2.27. The van der Waals surface area contributed by atoms with Gasteiger partial charge in [0.2, 0.25) is 0 Å². The fourth-order valence-corrected chi connectivity index (χ4v) is 4.25. The summed E-state index contributed by atoms with van der Waals surface area (Å²) in [6, 6.07) is 6.96. The number of alkyl halides is 2. The van der Waals surface area contributed by atoms with E-state index in [1.165, 1.54) is 16.7 Å². The Morgan fingerprint density at radius 2 is 2.09 bits per heavy atom. The normalized spacial score (nSPS) is 17.6. The van der Waals surface area contributed by atoms with Crippen molar-refractivity contribution in [1.82, 2.24) is 14.5 Å². The number of nitriles is 1. The zero-order valence-electron chi connectivity index (χ0n) is 19.5. The smallest absolute Gasteiger partial charge is 0.264 e. The van der Waals surface area contributed by atoms with Crippen LogP contribution in [-0.4, -0.2) is 53.1 Å². The molecule has 2 aromatic rings. The third-order valence-electron chi connectivity index (χ3n) is 5.89. The molecule has 0 aliphatic carbocycles. The molecule has 2 aromatic heterocycles. The minimum atomic E-state index is -2.57. The van der Waals surface area contributed by atoms with Crippen molar-refractivity contribution in [1.29, 1.82) is 5.26 Å². The summed E-state index contributed by atoms with van der Waals surface area (Å²) in [4.78, 5) is 21.3. The second kappa shape index (κ2) is 10.1. The van der Waals surface area contributed by atoms with Crippen LogP contribution < -0.4 is 10.5 Å². The van der Waals surface area contributed by atoms with Gasteiger partial charge in [0.15, 0.2) is 0 Å². The van der Waals surface area contributed by atoms with E-state index in [-0.39, 0.29) is 22.9 Å². The van der Waals surface area contributed by atoms with Crippen molar-refractivity contribution in [3.8, 4) is 6.07 Å². The van der Waals surface area contributed by atoms with Gasteiger partial charge >= 0.3 is 0 Å². The van der Waals surface area contributed by atoms with Gasteiger partial charge in [-0.1, -0.05) is 24.3 Å². The molecule has 1 fully saturated rings. The Hall–Kier alpha value is -3.31. The third kappa shape index (κ3) is 5.20. The summed E-state index contributed by atoms with van der Waals surface area (Å²) in [6.45, 7) is 11.6. The highest BCUT2D eigenvalue weighted by atomic mass is 19.3. The number of anilines is 1. The largest absolute Gasteiger partial charge is 0.364 e. The van der Waals surface area contributed by atoms with Crippen LogP contribution in [0, 0.1) is 11.3 Å². The van der Waals surface area contributed by atoms with Gasteiger partial charge in [0, 0.05) is 50.9 Å². The van der Waals surface area contributed by atoms with Crippen LogP contribution in [0.4, 0.5) is 14.5 Å². The van der Waals surface area contributed by atoms with E-state index in [1.807, 2.05) is 6.92 Å². The van der Waals surface area contributed by atoms with Crippen LogP contribution >= 0.6 is 0 Å². The minimum absolute atomic E-state index is 0.00543. The molecule has 3 heterocycles. The summed E-state index contributed by atoms with van der Waals surface area (Å²) in [5, 5.41) is 9.28. The number of rotatable bonds is 6. The maximum Gasteiger partial charge on any atom is 0.264 e. The van der Waals surface area contributed by atoms with Gasteiger partial charge in [-0.15, -0.1) is 0 Å². The molecule has 1 atom stereocenters. The fraction of sp³-hybridized carbons (Fsp3) is 0.400. The number of piperazine rings is 1. The predicted octanol–water partition coefficient (Wildman–Crippen LogP) is 4.03. The fourth-order valence-electron chi connectivity index (χ4n) is 4.25. The second-order valence-corrected chi connectivity index (χ2v) is 8.59. The lowest BCUT2D eigenvalue weighted by Gasteiger charge is -2.41. The Balaban J connectivity index is 1.91. The first-order valence-corrected chi connectivity index (χ1v) is 10.8. The molecular formula is C25H29F2N5O. The van der Waals surface area contributed by atoms with Crippen molar-refractivity contribution in [3.63, 3.8) is 0 Å². The summed E-state index contributed by atoms with van der Waals surface area (Å²) in [5.41, 5.74) is 3.42. The van der Waals surface area contributed by atoms with Crippen LogP contribution in [0.5, 0.6) is 0 Å². The Morgan fingerprint density at radius 1 is 1.36 bits per heavy atom. The lowest BCUT2D eigenvalue weighted by Crippen LogP contribution is -2.52. The molecule has 0 N–H and O–H groups in total. The first kappa shape index (κ1) is 24.3. The molecule has 8 heteroatoms. The first-order chi connectivity index (χ1) is 15.7. The molecule has 0 aromatic carbocycles. The van der Waals surface area contributed by atoms with Crippen molar-refractivity contribution in [2.24, 2.45) is 7.05 Å². The monoisotopic (exact) mass is 453 g/mol. The number of fused-ring (bicyclic) bond motifs is 1. The molecule has 0 spiro atoms. The average Bonchev–Trinajstić information content (AvgIpc) is 2.78. The third-order valence-corrected chi connectivity index (χ3v) is 5.89. The molecule has 3 rings (SSSR count). The first-order valence-electron chi connectivity index (χ1n) is 10.8. The molecule has 1 aliphatic heterocycles. The Kier molecular flexibility index (Phi) is 7.44. The van der Waals surface area contributed by atoms with E-state index < -0.39 is 6.43 Å². The van der Waals surface area contributed by atoms with Crippen molar-refractivity contribution in [2.45, 2.75) is 33.2 Å². The van der Waals surface area contributed by atoms with Crippen molar-refractivity contribution < 1.29 is 8.78 Å². The van der Waals surface area contributed by atoms with Crippen molar-refractivity contribution in [3.05, 3.63) is 69.7 Å². The van der Waals surface area contributed by atoms with Gasteiger partial charge in [0.1, 0.15) is 17.3 Å². The molecule has 0 amide bonds. The average molecular weight is 454 g/mol. The maximum atomic E-state index is 13.7. The topological polar surface area (TPSA) is 65.2 Å². The number of aryl methyl sites for hydroxylation is 1. The van der Waals surface area contributed by atoms with Gasteiger partial charge in [-0.25, -0.2) is 13.8 Å². The van der Waals surface area contributed by atoms with E-state index in [1.54, 1.807) is 39.1 Å². The van der Waals surface area contributed by atoms with Gasteiger partial charge < -0.3 is 9.47 Å². The lowest BCUT2D eigenvalue weighted by molar-refractivity contribution is 0.190. The number of nitrogens with zero attached hydrogens (tertiary/aromatic N) is 5. The Morgan fingerprint density at radius 3 is 2.67 bits per heavy atom. The van der Waals surface area contributed by atoms with Gasteiger partial charge in [-0.05, 0) is 38.5 Å². The summed E-state index contributed by atoms with van der Waals surface area (Å²) >= 11 is 0. The van der Waals surface area contributed by atoms with Crippen LogP contribution in [0.2, 0.25) is 0 Å².